The molecule has 0 atom stereocenters. The van der Waals surface area contributed by atoms with Crippen LogP contribution in [0.25, 0.3) is 0 Å². The molecule has 0 fully saturated rings. The standard InChI is InChI=1S/C17H18F2/c1-13(2)15-9-6-10-16(11-15)17(18,19)12-14-7-4-3-5-8-14/h3-11,13H,12H2,1-2H3. The summed E-state index contributed by atoms with van der Waals surface area (Å²) >= 11 is 0. The Morgan fingerprint density at radius 2 is 1.63 bits per heavy atom. The van der Waals surface area contributed by atoms with Crippen molar-refractivity contribution in [2.75, 3.05) is 0 Å². The Labute approximate surface area is 113 Å². The van der Waals surface area contributed by atoms with Gasteiger partial charge in [0.1, 0.15) is 0 Å². The molecular weight excluding hydrogens is 242 g/mol. The smallest absolute Gasteiger partial charge is 0.201 e. The molecule has 0 aliphatic heterocycles. The van der Waals surface area contributed by atoms with Crippen molar-refractivity contribution in [1.29, 1.82) is 0 Å². The minimum Gasteiger partial charge on any atom is -0.201 e. The molecule has 0 aromatic heterocycles. The van der Waals surface area contributed by atoms with Gasteiger partial charge in [0.25, 0.3) is 5.92 Å². The van der Waals surface area contributed by atoms with Crippen LogP contribution < -0.4 is 0 Å². The Morgan fingerprint density at radius 3 is 2.26 bits per heavy atom. The Balaban J connectivity index is 2.26. The predicted octanol–water partition coefficient (Wildman–Crippen LogP) is 5.14. The zero-order valence-electron chi connectivity index (χ0n) is 11.2. The molecule has 2 heteroatoms. The van der Waals surface area contributed by atoms with Gasteiger partial charge < -0.3 is 0 Å². The van der Waals surface area contributed by atoms with Crippen molar-refractivity contribution in [3.63, 3.8) is 0 Å². The fraction of sp³-hybridized carbons (Fsp3) is 0.294. The molecule has 0 aliphatic rings. The lowest BCUT2D eigenvalue weighted by atomic mass is 9.95. The SMILES string of the molecule is CC(C)c1cccc(C(F)(F)Cc2ccccc2)c1. The number of benzene rings is 2. The molecule has 0 saturated carbocycles. The molecule has 0 nitrogen and oxygen atoms in total. The Hall–Kier alpha value is -1.70. The van der Waals surface area contributed by atoms with Crippen LogP contribution in [0, 0.1) is 0 Å². The van der Waals surface area contributed by atoms with E-state index in [9.17, 15) is 8.78 Å². The highest BCUT2D eigenvalue weighted by Crippen LogP contribution is 2.33. The lowest BCUT2D eigenvalue weighted by molar-refractivity contribution is -0.00390. The van der Waals surface area contributed by atoms with Gasteiger partial charge in [-0.3, -0.25) is 0 Å². The third-order valence-corrected chi connectivity index (χ3v) is 3.24. The van der Waals surface area contributed by atoms with Gasteiger partial charge in [-0.25, -0.2) is 8.78 Å². The molecule has 0 radical (unpaired) electrons. The van der Waals surface area contributed by atoms with E-state index >= 15 is 0 Å². The topological polar surface area (TPSA) is 0 Å². The fourth-order valence-electron chi connectivity index (χ4n) is 2.08. The summed E-state index contributed by atoms with van der Waals surface area (Å²) in [5.41, 5.74) is 1.70. The second-order valence-electron chi connectivity index (χ2n) is 5.15. The first-order chi connectivity index (χ1) is 8.99. The van der Waals surface area contributed by atoms with Crippen LogP contribution in [-0.2, 0) is 12.3 Å². The summed E-state index contributed by atoms with van der Waals surface area (Å²) in [6, 6.07) is 15.6. The molecule has 2 aromatic carbocycles. The maximum absolute atomic E-state index is 14.3. The predicted molar refractivity (Wildman–Crippen MR) is 74.6 cm³/mol. The van der Waals surface area contributed by atoms with Crippen molar-refractivity contribution in [3.8, 4) is 0 Å². The van der Waals surface area contributed by atoms with E-state index in [1.54, 1.807) is 36.4 Å². The number of hydrogen-bond acceptors (Lipinski definition) is 0. The zero-order chi connectivity index (χ0) is 13.9. The zero-order valence-corrected chi connectivity index (χ0v) is 11.2. The van der Waals surface area contributed by atoms with E-state index in [4.69, 9.17) is 0 Å². The maximum Gasteiger partial charge on any atom is 0.277 e. The summed E-state index contributed by atoms with van der Waals surface area (Å²) in [6.45, 7) is 4.02. The third kappa shape index (κ3) is 3.40. The van der Waals surface area contributed by atoms with Gasteiger partial charge in [0, 0.05) is 12.0 Å². The molecule has 0 bridgehead atoms. The van der Waals surface area contributed by atoms with Gasteiger partial charge in [0.15, 0.2) is 0 Å². The second-order valence-corrected chi connectivity index (χ2v) is 5.15. The van der Waals surface area contributed by atoms with Crippen LogP contribution in [0.4, 0.5) is 8.78 Å². The first-order valence-corrected chi connectivity index (χ1v) is 6.51. The molecule has 0 spiro atoms. The minimum atomic E-state index is -2.83. The Bertz CT molecular complexity index is 530. The summed E-state index contributed by atoms with van der Waals surface area (Å²) in [6.07, 6.45) is -0.255. The van der Waals surface area contributed by atoms with E-state index in [1.807, 2.05) is 26.0 Å². The molecule has 19 heavy (non-hydrogen) atoms. The maximum atomic E-state index is 14.3. The highest BCUT2D eigenvalue weighted by atomic mass is 19.3. The van der Waals surface area contributed by atoms with Gasteiger partial charge in [-0.2, -0.15) is 0 Å². The quantitative estimate of drug-likeness (QED) is 0.713. The molecule has 2 rings (SSSR count). The van der Waals surface area contributed by atoms with Crippen LogP contribution in [-0.4, -0.2) is 0 Å². The summed E-state index contributed by atoms with van der Waals surface area (Å²) < 4.78 is 28.6. The van der Waals surface area contributed by atoms with Gasteiger partial charge in [0.05, 0.1) is 0 Å². The first kappa shape index (κ1) is 13.7. The summed E-state index contributed by atoms with van der Waals surface area (Å²) in [5.74, 6) is -2.57. The van der Waals surface area contributed by atoms with Crippen molar-refractivity contribution in [2.45, 2.75) is 32.1 Å². The molecule has 0 aliphatic carbocycles. The van der Waals surface area contributed by atoms with Crippen LogP contribution in [0.1, 0.15) is 36.5 Å². The van der Waals surface area contributed by atoms with Gasteiger partial charge in [-0.1, -0.05) is 62.4 Å². The van der Waals surface area contributed by atoms with E-state index in [0.29, 0.717) is 5.56 Å². The fourth-order valence-corrected chi connectivity index (χ4v) is 2.08. The van der Waals surface area contributed by atoms with Crippen molar-refractivity contribution in [3.05, 3.63) is 71.3 Å². The normalized spacial score (nSPS) is 11.8. The largest absolute Gasteiger partial charge is 0.277 e. The molecule has 0 saturated heterocycles. The molecule has 0 N–H and O–H groups in total. The van der Waals surface area contributed by atoms with Gasteiger partial charge in [-0.05, 0) is 23.1 Å². The number of halogens is 2. The lowest BCUT2D eigenvalue weighted by Gasteiger charge is -2.18. The van der Waals surface area contributed by atoms with Crippen LogP contribution >= 0.6 is 0 Å². The van der Waals surface area contributed by atoms with Crippen LogP contribution in [0.3, 0.4) is 0 Å². The monoisotopic (exact) mass is 260 g/mol. The molecule has 0 heterocycles. The molecular formula is C17H18F2. The minimum absolute atomic E-state index is 0.0996. The molecule has 0 amide bonds. The van der Waals surface area contributed by atoms with Crippen LogP contribution in [0.2, 0.25) is 0 Å². The van der Waals surface area contributed by atoms with Crippen molar-refractivity contribution in [2.24, 2.45) is 0 Å². The van der Waals surface area contributed by atoms with E-state index in [-0.39, 0.29) is 17.9 Å². The third-order valence-electron chi connectivity index (χ3n) is 3.24. The van der Waals surface area contributed by atoms with Crippen LogP contribution in [0.5, 0.6) is 0 Å². The lowest BCUT2D eigenvalue weighted by Crippen LogP contribution is -2.17. The summed E-state index contributed by atoms with van der Waals surface area (Å²) in [7, 11) is 0. The van der Waals surface area contributed by atoms with Gasteiger partial charge in [0.2, 0.25) is 0 Å². The number of alkyl halides is 2. The average Bonchev–Trinajstić information content (AvgIpc) is 2.39. The Kier molecular flexibility index (Phi) is 3.98. The van der Waals surface area contributed by atoms with Crippen LogP contribution in [0.15, 0.2) is 54.6 Å². The van der Waals surface area contributed by atoms with Crippen molar-refractivity contribution < 1.29 is 8.78 Å². The Morgan fingerprint density at radius 1 is 0.947 bits per heavy atom. The highest BCUT2D eigenvalue weighted by molar-refractivity contribution is 5.30. The number of hydrogen-bond donors (Lipinski definition) is 0. The average molecular weight is 260 g/mol. The molecule has 2 aromatic rings. The van der Waals surface area contributed by atoms with E-state index in [2.05, 4.69) is 0 Å². The van der Waals surface area contributed by atoms with Gasteiger partial charge in [-0.15, -0.1) is 0 Å². The van der Waals surface area contributed by atoms with E-state index in [1.165, 1.54) is 6.07 Å². The van der Waals surface area contributed by atoms with E-state index < -0.39 is 5.92 Å². The van der Waals surface area contributed by atoms with Crippen molar-refractivity contribution in [1.82, 2.24) is 0 Å². The number of rotatable bonds is 4. The first-order valence-electron chi connectivity index (χ1n) is 6.51. The van der Waals surface area contributed by atoms with E-state index in [0.717, 1.165) is 5.56 Å². The summed E-state index contributed by atoms with van der Waals surface area (Å²) in [5, 5.41) is 0. The van der Waals surface area contributed by atoms with Gasteiger partial charge >= 0.3 is 0 Å². The second kappa shape index (κ2) is 5.52. The molecule has 100 valence electrons. The van der Waals surface area contributed by atoms with Crippen molar-refractivity contribution >= 4 is 0 Å². The summed E-state index contributed by atoms with van der Waals surface area (Å²) in [4.78, 5) is 0. The highest BCUT2D eigenvalue weighted by Gasteiger charge is 2.31. The molecule has 0 unspecified atom stereocenters.